The van der Waals surface area contributed by atoms with Gasteiger partial charge in [0.2, 0.25) is 0 Å². The Morgan fingerprint density at radius 1 is 0.197 bits per heavy atom. The number of ether oxygens (including phenoxy) is 14. The van der Waals surface area contributed by atoms with Crippen molar-refractivity contribution >= 4 is 50.6 Å². The van der Waals surface area contributed by atoms with Gasteiger partial charge in [0, 0.05) is 0 Å². The lowest BCUT2D eigenvalue weighted by Crippen LogP contribution is -2.68. The normalized spacial score (nSPS) is 36.9. The Morgan fingerprint density at radius 2 is 0.314 bits per heavy atom. The van der Waals surface area contributed by atoms with E-state index in [0.717, 1.165) is 0 Å². The number of aliphatic hydroxyl groups excluding tert-OH is 16. The van der Waals surface area contributed by atoms with Gasteiger partial charge in [-0.1, -0.05) is 88.5 Å². The first-order chi connectivity index (χ1) is 64.0. The van der Waals surface area contributed by atoms with Crippen LogP contribution in [0.2, 0.25) is 0 Å². The smallest absolute Gasteiger partial charge is 0.297 e. The molecule has 0 aromatic heterocycles. The van der Waals surface area contributed by atoms with E-state index in [-0.39, 0.29) is 80.1 Å². The standard InChI is InChI=1S/C87H120O45S5/c1-33-16-38(6)76(39(7)17-33)133(104,105)114-28-50-71-59(94)66(101)85(123-50)130-73-52(30-116-135(108,109)78-42(10)20-35(3)21-43(78)11)121-83(64(99)57(73)92)126-69-48(26-88)120-82(63(98)56(69)91)129-72-51(29-115-134(106,107)77-40(8)18-34(2)19-41(77)9)124-86(67(102)60(72)95)132-75-54(32-118-137(112,113)80-46(14)24-37(5)25-47(80)15)125-87(68(103)61(75)96)131-74-53(31-117-136(110,111)79-44(12)22-36(4)23-45(79)13)122-84(65(100)58(74)93)127-70-49(27-89)119-81(128-71)62(97)55(70)90/h16-25,48-75,81-103H,26-32H2,1-15H3/t48-,49-,50-,51-,52-,53-,54-,55-,56-,57-,58-,59-,60-,61-,62-,63-,64-,65-,66-,67-,68-,69-,70-,71-,72-,73-,74-,75-,81-,82-,83-,84-,85-,86-,87-/m1/s1. The van der Waals surface area contributed by atoms with Gasteiger partial charge in [-0.2, -0.15) is 42.1 Å². The van der Waals surface area contributed by atoms with Gasteiger partial charge in [-0.05, 0) is 159 Å². The number of aliphatic hydroxyl groups is 16. The number of benzene rings is 5. The quantitative estimate of drug-likeness (QED) is 0.0299. The van der Waals surface area contributed by atoms with Crippen LogP contribution in [0.15, 0.2) is 85.1 Å². The molecule has 768 valence electrons. The van der Waals surface area contributed by atoms with E-state index in [1.807, 2.05) is 0 Å². The van der Waals surface area contributed by atoms with Crippen molar-refractivity contribution in [3.63, 3.8) is 0 Å². The van der Waals surface area contributed by atoms with E-state index in [0.29, 0.717) is 27.8 Å². The van der Waals surface area contributed by atoms with Crippen LogP contribution < -0.4 is 0 Å². The SMILES string of the molecule is Cc1cc(C)c(S(=O)(=O)OC[C@H]2O[C@@H]3O[C@H]4[C@H](O)[C@@H](O)[C@@H](O[C@H]5[C@H](O)[C@@H](O)[C@@H](O[C@H]6[C@H](O)[C@@H](O)[C@@H](O[C@H]7[C@H](O)[C@@H](O)[C@@H](O[C@H]8[C@H](O)[C@@H](O)[C@@H](O[C@H]9[C@H](O)[C@@H](O)[C@@H](O[C@H]2[C@H](O)[C@H]3O)O[C@@H]9CO)O[C@@H]8COS(=O)(=O)c2c(C)cc(C)cc2C)O[C@@H]7COS(=O)(=O)c2c(C)cc(C)cc2C)O[C@@H]6COS(=O)(=O)c2c(C)cc(C)cc2C)O[C@@H]5CO)O[C@@H]4COS(=O)(=O)c2c(C)cc(C)cc2C)c(C)c1. The minimum Gasteiger partial charge on any atom is -0.394 e. The van der Waals surface area contributed by atoms with Crippen molar-refractivity contribution in [2.75, 3.05) is 46.2 Å². The molecule has 45 nitrogen and oxygen atoms in total. The summed E-state index contributed by atoms with van der Waals surface area (Å²) >= 11 is 0. The van der Waals surface area contributed by atoms with Crippen molar-refractivity contribution in [2.24, 2.45) is 0 Å². The van der Waals surface area contributed by atoms with Gasteiger partial charge in [0.1, 0.15) is 171 Å². The van der Waals surface area contributed by atoms with Crippen LogP contribution in [0.4, 0.5) is 0 Å². The average molecular weight is 2050 g/mol. The zero-order valence-electron chi connectivity index (χ0n) is 77.0. The maximum absolute atomic E-state index is 14.6. The Hall–Kier alpha value is -5.55. The summed E-state index contributed by atoms with van der Waals surface area (Å²) in [5, 5.41) is 196. The molecule has 0 saturated carbocycles. The molecule has 50 heteroatoms. The summed E-state index contributed by atoms with van der Waals surface area (Å²) in [6.45, 7) is 13.6. The fourth-order valence-corrected chi connectivity index (χ4v) is 25.9. The van der Waals surface area contributed by atoms with Crippen molar-refractivity contribution in [2.45, 2.75) is 343 Å². The van der Waals surface area contributed by atoms with Gasteiger partial charge < -0.3 is 148 Å². The second kappa shape index (κ2) is 43.0. The van der Waals surface area contributed by atoms with Crippen molar-refractivity contribution in [1.29, 1.82) is 0 Å². The van der Waals surface area contributed by atoms with Crippen LogP contribution in [0.25, 0.3) is 0 Å². The highest BCUT2D eigenvalue weighted by molar-refractivity contribution is 7.88. The molecule has 0 unspecified atom stereocenters. The maximum atomic E-state index is 14.6. The molecule has 26 rings (SSSR count). The lowest BCUT2D eigenvalue weighted by molar-refractivity contribution is -0.396. The van der Waals surface area contributed by atoms with Gasteiger partial charge in [0.15, 0.2) is 44.0 Å². The summed E-state index contributed by atoms with van der Waals surface area (Å²) in [4.78, 5) is -1.90. The molecule has 21 heterocycles. The molecule has 21 aliphatic heterocycles. The molecule has 35 atom stereocenters. The molecule has 21 saturated heterocycles. The van der Waals surface area contributed by atoms with E-state index in [4.69, 9.17) is 87.2 Å². The fourth-order valence-electron chi connectivity index (χ4n) is 19.2. The van der Waals surface area contributed by atoms with Crippen LogP contribution in [-0.4, -0.2) is 385 Å². The lowest BCUT2D eigenvalue weighted by atomic mass is 9.95. The summed E-state index contributed by atoms with van der Waals surface area (Å²) in [6, 6.07) is 15.0. The Bertz CT molecular complexity index is 5400. The highest BCUT2D eigenvalue weighted by atomic mass is 32.2. The van der Waals surface area contributed by atoms with Crippen molar-refractivity contribution in [3.8, 4) is 0 Å². The van der Waals surface area contributed by atoms with Gasteiger partial charge in [0.05, 0.1) is 70.7 Å². The molecular formula is C87H120O45S5. The number of rotatable bonds is 22. The lowest BCUT2D eigenvalue weighted by Gasteiger charge is -2.50. The van der Waals surface area contributed by atoms with Gasteiger partial charge in [-0.25, -0.2) is 0 Å². The highest BCUT2D eigenvalue weighted by Gasteiger charge is 2.61. The molecule has 21 aliphatic rings. The molecule has 0 amide bonds. The molecule has 137 heavy (non-hydrogen) atoms. The summed E-state index contributed by atoms with van der Waals surface area (Å²) in [5.41, 5.74) is 4.66. The summed E-state index contributed by atoms with van der Waals surface area (Å²) in [7, 11) is -25.0. The zero-order chi connectivity index (χ0) is 101. The van der Waals surface area contributed by atoms with Crippen LogP contribution in [0.1, 0.15) is 83.5 Å². The number of hydrogen-bond acceptors (Lipinski definition) is 45. The Morgan fingerprint density at radius 3 is 0.438 bits per heavy atom. The molecule has 5 aromatic rings. The summed E-state index contributed by atoms with van der Waals surface area (Å²) < 4.78 is 260. The Balaban J connectivity index is 0.916. The Labute approximate surface area is 790 Å². The Kier molecular flexibility index (Phi) is 34.1. The first-order valence-corrected chi connectivity index (χ1v) is 50.8. The third kappa shape index (κ3) is 22.9. The van der Waals surface area contributed by atoms with Gasteiger partial charge >= 0.3 is 0 Å². The van der Waals surface area contributed by atoms with Crippen LogP contribution in [-0.2, 0) is 138 Å². The molecule has 5 aromatic carbocycles. The molecular weight excluding hydrogens is 1930 g/mol. The zero-order valence-corrected chi connectivity index (χ0v) is 81.0. The van der Waals surface area contributed by atoms with Crippen LogP contribution in [0, 0.1) is 104 Å². The van der Waals surface area contributed by atoms with E-state index >= 15 is 0 Å². The van der Waals surface area contributed by atoms with Crippen molar-refractivity contribution < 1.29 is 211 Å². The maximum Gasteiger partial charge on any atom is 0.297 e. The first-order valence-electron chi connectivity index (χ1n) is 43.8. The van der Waals surface area contributed by atoms with E-state index in [9.17, 15) is 124 Å². The van der Waals surface area contributed by atoms with Gasteiger partial charge in [-0.3, -0.25) is 20.9 Å². The minimum atomic E-state index is -5.02. The average Bonchev–Trinajstić information content (AvgIpc) is 0.854. The minimum absolute atomic E-state index is 0.149. The first kappa shape index (κ1) is 109. The molecule has 21 fully saturated rings. The van der Waals surface area contributed by atoms with E-state index in [1.165, 1.54) is 130 Å². The van der Waals surface area contributed by atoms with E-state index in [1.54, 1.807) is 34.6 Å². The largest absolute Gasteiger partial charge is 0.394 e. The van der Waals surface area contributed by atoms with Crippen LogP contribution in [0.5, 0.6) is 0 Å². The predicted molar refractivity (Wildman–Crippen MR) is 462 cm³/mol. The van der Waals surface area contributed by atoms with Crippen molar-refractivity contribution in [3.05, 3.63) is 144 Å². The predicted octanol–water partition coefficient (Wildman–Crippen LogP) is -3.54. The van der Waals surface area contributed by atoms with Gasteiger partial charge in [-0.15, -0.1) is 0 Å². The molecule has 0 radical (unpaired) electrons. The fraction of sp³-hybridized carbons (Fsp3) is 0.655. The summed E-state index contributed by atoms with van der Waals surface area (Å²) in [6.07, 6.45) is -84.3. The van der Waals surface area contributed by atoms with E-state index in [2.05, 4.69) is 0 Å². The van der Waals surface area contributed by atoms with E-state index < -0.39 is 312 Å². The van der Waals surface area contributed by atoms with Crippen molar-refractivity contribution in [1.82, 2.24) is 0 Å². The van der Waals surface area contributed by atoms with Gasteiger partial charge in [0.25, 0.3) is 50.6 Å². The topological polar surface area (TPSA) is 670 Å². The van der Waals surface area contributed by atoms with Crippen LogP contribution >= 0.6 is 0 Å². The second-order valence-corrected chi connectivity index (χ2v) is 43.8. The third-order valence-electron chi connectivity index (χ3n) is 25.1. The molecule has 0 aliphatic carbocycles. The molecule has 14 bridgehead atoms. The van der Waals surface area contributed by atoms with Crippen LogP contribution in [0.3, 0.4) is 0 Å². The molecule has 0 spiro atoms. The molecule has 16 N–H and O–H groups in total. The summed E-state index contributed by atoms with van der Waals surface area (Å²) in [5.74, 6) is 0. The third-order valence-corrected chi connectivity index (χ3v) is 33.0. The monoisotopic (exact) mass is 2040 g/mol. The number of aryl methyl sites for hydroxylation is 15. The second-order valence-electron chi connectivity index (χ2n) is 36.1. The highest BCUT2D eigenvalue weighted by Crippen LogP contribution is 2.43. The number of hydrogen-bond donors (Lipinski definition) is 16.